The van der Waals surface area contributed by atoms with E-state index >= 15 is 0 Å². The van der Waals surface area contributed by atoms with E-state index in [0.717, 1.165) is 21.8 Å². The maximum atomic E-state index is 11.2. The smallest absolute Gasteiger partial charge is 0.320 e. The lowest BCUT2D eigenvalue weighted by Crippen LogP contribution is -2.25. The van der Waals surface area contributed by atoms with Gasteiger partial charge in [-0.15, -0.1) is 0 Å². The van der Waals surface area contributed by atoms with Crippen molar-refractivity contribution in [1.29, 1.82) is 0 Å². The van der Waals surface area contributed by atoms with Crippen molar-refractivity contribution in [3.05, 3.63) is 22.9 Å². The Kier molecular flexibility index (Phi) is 3.37. The van der Waals surface area contributed by atoms with Crippen molar-refractivity contribution in [2.75, 3.05) is 13.7 Å². The lowest BCUT2D eigenvalue weighted by Gasteiger charge is -2.17. The lowest BCUT2D eigenvalue weighted by molar-refractivity contribution is -0.142. The van der Waals surface area contributed by atoms with Gasteiger partial charge in [-0.25, -0.2) is 9.29 Å². The summed E-state index contributed by atoms with van der Waals surface area (Å²) in [6.45, 7) is 3.87. The number of ether oxygens (including phenoxy) is 1. The molecule has 1 aromatic rings. The Bertz CT molecular complexity index is 464. The van der Waals surface area contributed by atoms with Crippen LogP contribution in [0.2, 0.25) is 0 Å². The second-order valence-electron chi connectivity index (χ2n) is 3.92. The third-order valence-corrected chi connectivity index (χ3v) is 3.65. The Labute approximate surface area is 104 Å². The minimum absolute atomic E-state index is 0.0389. The third kappa shape index (κ3) is 2.29. The van der Waals surface area contributed by atoms with Gasteiger partial charge < -0.3 is 9.84 Å². The number of hydrogen-bond donors (Lipinski definition) is 1. The van der Waals surface area contributed by atoms with Crippen molar-refractivity contribution in [3.8, 4) is 0 Å². The van der Waals surface area contributed by atoms with E-state index in [2.05, 4.69) is 9.72 Å². The van der Waals surface area contributed by atoms with Crippen LogP contribution in [0.1, 0.15) is 23.0 Å². The van der Waals surface area contributed by atoms with Gasteiger partial charge in [-0.2, -0.15) is 0 Å². The quantitative estimate of drug-likeness (QED) is 0.631. The van der Waals surface area contributed by atoms with E-state index in [1.165, 1.54) is 19.1 Å². The van der Waals surface area contributed by atoms with Crippen LogP contribution in [0.5, 0.6) is 0 Å². The minimum Gasteiger partial charge on any atom is -0.468 e. The summed E-state index contributed by atoms with van der Waals surface area (Å²) in [5.74, 6) is -0.376. The second kappa shape index (κ2) is 4.64. The first-order valence-corrected chi connectivity index (χ1v) is 5.98. The number of methoxy groups -OCH3 is 1. The minimum atomic E-state index is -0.804. The van der Waals surface area contributed by atoms with Crippen LogP contribution in [0, 0.1) is 13.8 Å². The van der Waals surface area contributed by atoms with E-state index in [4.69, 9.17) is 0 Å². The highest BCUT2D eigenvalue weighted by molar-refractivity contribution is 7.97. The summed E-state index contributed by atoms with van der Waals surface area (Å²) in [6.07, 6.45) is -0.804. The molecule has 0 amide bonds. The zero-order valence-electron chi connectivity index (χ0n) is 9.93. The maximum absolute atomic E-state index is 11.2. The Morgan fingerprint density at radius 2 is 2.35 bits per heavy atom. The Morgan fingerprint density at radius 3 is 3.00 bits per heavy atom. The molecule has 17 heavy (non-hydrogen) atoms. The first-order chi connectivity index (χ1) is 8.02. The van der Waals surface area contributed by atoms with Gasteiger partial charge in [0.25, 0.3) is 0 Å². The van der Waals surface area contributed by atoms with Crippen LogP contribution in [0.3, 0.4) is 0 Å². The molecule has 1 aliphatic heterocycles. The molecule has 2 heterocycles. The van der Waals surface area contributed by atoms with Crippen LogP contribution in [0.15, 0.2) is 11.1 Å². The van der Waals surface area contributed by atoms with Crippen molar-refractivity contribution in [3.63, 3.8) is 0 Å². The molecule has 0 spiro atoms. The Balaban J connectivity index is 2.26. The average Bonchev–Trinajstić information content (AvgIpc) is 2.55. The zero-order chi connectivity index (χ0) is 12.6. The van der Waals surface area contributed by atoms with Crippen LogP contribution in [-0.4, -0.2) is 34.0 Å². The summed E-state index contributed by atoms with van der Waals surface area (Å²) >= 11 is 1.29. The first-order valence-electron chi connectivity index (χ1n) is 5.20. The summed E-state index contributed by atoms with van der Waals surface area (Å²) in [4.78, 5) is 15.6. The predicted octanol–water partition coefficient (Wildman–Crippen LogP) is 1.19. The van der Waals surface area contributed by atoms with E-state index in [-0.39, 0.29) is 12.5 Å². The number of carbonyl (C=O) groups is 1. The molecule has 1 atom stereocenters. The zero-order valence-corrected chi connectivity index (χ0v) is 10.7. The van der Waals surface area contributed by atoms with Gasteiger partial charge in [0.15, 0.2) is 0 Å². The van der Waals surface area contributed by atoms with Crippen molar-refractivity contribution in [2.24, 2.45) is 0 Å². The van der Waals surface area contributed by atoms with Crippen LogP contribution in [0.4, 0.5) is 0 Å². The fraction of sp³-hybridized carbons (Fsp3) is 0.455. The van der Waals surface area contributed by atoms with Crippen LogP contribution >= 0.6 is 11.9 Å². The molecule has 0 saturated heterocycles. The van der Waals surface area contributed by atoms with Crippen molar-refractivity contribution in [2.45, 2.75) is 25.1 Å². The number of fused-ring (bicyclic) bond motifs is 1. The van der Waals surface area contributed by atoms with E-state index in [1.54, 1.807) is 4.31 Å². The topological polar surface area (TPSA) is 62.7 Å². The molecule has 1 N–H and O–H groups in total. The van der Waals surface area contributed by atoms with Crippen LogP contribution in [-0.2, 0) is 9.53 Å². The van der Waals surface area contributed by atoms with Gasteiger partial charge in [0, 0.05) is 11.3 Å². The molecule has 92 valence electrons. The Hall–Kier alpha value is -1.11. The number of esters is 1. The molecule has 6 heteroatoms. The molecule has 0 fully saturated rings. The summed E-state index contributed by atoms with van der Waals surface area (Å²) in [5, 5.41) is 10.9. The molecule has 0 bridgehead atoms. The number of pyridine rings is 1. The fourth-order valence-electron chi connectivity index (χ4n) is 1.81. The lowest BCUT2D eigenvalue weighted by atomic mass is 10.1. The maximum Gasteiger partial charge on any atom is 0.320 e. The highest BCUT2D eigenvalue weighted by Gasteiger charge is 2.34. The van der Waals surface area contributed by atoms with E-state index in [1.807, 2.05) is 19.9 Å². The van der Waals surface area contributed by atoms with Gasteiger partial charge in [0.1, 0.15) is 17.8 Å². The molecular formula is C11H14N2O3S. The van der Waals surface area contributed by atoms with Gasteiger partial charge in [-0.05, 0) is 37.4 Å². The predicted molar refractivity (Wildman–Crippen MR) is 63.2 cm³/mol. The highest BCUT2D eigenvalue weighted by Crippen LogP contribution is 2.42. The number of carbonyl (C=O) groups excluding carboxylic acids is 1. The summed E-state index contributed by atoms with van der Waals surface area (Å²) in [7, 11) is 1.33. The summed E-state index contributed by atoms with van der Waals surface area (Å²) in [5.41, 5.74) is 2.67. The third-order valence-electron chi connectivity index (χ3n) is 2.61. The number of hydrogen-bond acceptors (Lipinski definition) is 6. The Morgan fingerprint density at radius 1 is 1.65 bits per heavy atom. The van der Waals surface area contributed by atoms with E-state index in [9.17, 15) is 9.90 Å². The molecule has 5 nitrogen and oxygen atoms in total. The second-order valence-corrected chi connectivity index (χ2v) is 4.95. The van der Waals surface area contributed by atoms with Gasteiger partial charge in [0.05, 0.1) is 7.11 Å². The van der Waals surface area contributed by atoms with Gasteiger partial charge >= 0.3 is 5.97 Å². The van der Waals surface area contributed by atoms with Crippen LogP contribution in [0.25, 0.3) is 0 Å². The first kappa shape index (κ1) is 12.3. The molecule has 1 unspecified atom stereocenters. The molecular weight excluding hydrogens is 240 g/mol. The number of aliphatic hydroxyl groups is 1. The largest absolute Gasteiger partial charge is 0.468 e. The van der Waals surface area contributed by atoms with E-state index < -0.39 is 6.23 Å². The standard InChI is InChI=1S/C11H14N2O3S/c1-6-4-7(2)12-10-9(6)11(15)13(17-10)5-8(14)16-3/h4,11,15H,5H2,1-3H3. The number of aliphatic hydroxyl groups excluding tert-OH is 1. The van der Waals surface area contributed by atoms with Crippen LogP contribution < -0.4 is 0 Å². The molecule has 1 aromatic heterocycles. The van der Waals surface area contributed by atoms with Gasteiger partial charge in [-0.1, -0.05) is 0 Å². The van der Waals surface area contributed by atoms with Gasteiger partial charge in [-0.3, -0.25) is 4.79 Å². The number of aromatic nitrogens is 1. The SMILES string of the molecule is COC(=O)CN1Sc2nc(C)cc(C)c2C1O. The fourth-order valence-corrected chi connectivity index (χ4v) is 2.96. The summed E-state index contributed by atoms with van der Waals surface area (Å²) in [6, 6.07) is 1.92. The van der Waals surface area contributed by atoms with Crippen molar-refractivity contribution < 1.29 is 14.6 Å². The molecule has 0 radical (unpaired) electrons. The van der Waals surface area contributed by atoms with Crippen molar-refractivity contribution >= 4 is 17.9 Å². The van der Waals surface area contributed by atoms with Crippen molar-refractivity contribution in [1.82, 2.24) is 9.29 Å². The number of aryl methyl sites for hydroxylation is 2. The normalized spacial score (nSPS) is 19.2. The van der Waals surface area contributed by atoms with E-state index in [0.29, 0.717) is 0 Å². The molecule has 0 saturated carbocycles. The monoisotopic (exact) mass is 254 g/mol. The molecule has 0 aromatic carbocycles. The average molecular weight is 254 g/mol. The highest BCUT2D eigenvalue weighted by atomic mass is 32.2. The molecule has 0 aliphatic carbocycles. The number of rotatable bonds is 2. The molecule has 1 aliphatic rings. The summed E-state index contributed by atoms with van der Waals surface area (Å²) < 4.78 is 6.15. The molecule has 2 rings (SSSR count). The van der Waals surface area contributed by atoms with Gasteiger partial charge in [0.2, 0.25) is 0 Å². The number of nitrogens with zero attached hydrogens (tertiary/aromatic N) is 2.